The van der Waals surface area contributed by atoms with Gasteiger partial charge in [-0.1, -0.05) is 19.3 Å². The van der Waals surface area contributed by atoms with Gasteiger partial charge in [-0.05, 0) is 43.2 Å². The average molecular weight is 364 g/mol. The van der Waals surface area contributed by atoms with E-state index in [4.69, 9.17) is 9.40 Å². The molecule has 1 saturated carbocycles. The zero-order chi connectivity index (χ0) is 18.2. The van der Waals surface area contributed by atoms with Gasteiger partial charge in [0, 0.05) is 24.8 Å². The molecule has 0 unspecified atom stereocenters. The first-order valence-electron chi connectivity index (χ1n) is 9.86. The monoisotopic (exact) mass is 364 g/mol. The van der Waals surface area contributed by atoms with E-state index in [-0.39, 0.29) is 5.91 Å². The third kappa shape index (κ3) is 3.14. The number of aromatic nitrogens is 2. The predicted molar refractivity (Wildman–Crippen MR) is 104 cm³/mol. The van der Waals surface area contributed by atoms with E-state index in [1.807, 2.05) is 12.1 Å². The Morgan fingerprint density at radius 2 is 2.04 bits per heavy atom. The van der Waals surface area contributed by atoms with Gasteiger partial charge in [-0.2, -0.15) is 0 Å². The van der Waals surface area contributed by atoms with Crippen molar-refractivity contribution in [3.8, 4) is 0 Å². The van der Waals surface area contributed by atoms with Crippen molar-refractivity contribution < 1.29 is 9.21 Å². The van der Waals surface area contributed by atoms with Crippen LogP contribution >= 0.6 is 0 Å². The number of fused-ring (bicyclic) bond motifs is 3. The molecular weight excluding hydrogens is 340 g/mol. The SMILES string of the molecule is O=C(Nc1ccc2c(c1)nc1n2CCN(C2CCCCC2)C1)c1ccco1. The Bertz CT molecular complexity index is 954. The fourth-order valence-corrected chi connectivity index (χ4v) is 4.48. The molecule has 1 aliphatic carbocycles. The smallest absolute Gasteiger partial charge is 0.291 e. The van der Waals surface area contributed by atoms with Crippen LogP contribution in [0.5, 0.6) is 0 Å². The Balaban J connectivity index is 1.37. The maximum absolute atomic E-state index is 12.2. The van der Waals surface area contributed by atoms with Gasteiger partial charge in [0.15, 0.2) is 5.76 Å². The fourth-order valence-electron chi connectivity index (χ4n) is 4.48. The summed E-state index contributed by atoms with van der Waals surface area (Å²) in [5, 5.41) is 2.88. The van der Waals surface area contributed by atoms with E-state index in [1.165, 1.54) is 38.4 Å². The summed E-state index contributed by atoms with van der Waals surface area (Å²) in [5.74, 6) is 1.20. The molecule has 1 aliphatic heterocycles. The molecule has 27 heavy (non-hydrogen) atoms. The van der Waals surface area contributed by atoms with Crippen molar-refractivity contribution in [2.24, 2.45) is 0 Å². The molecular formula is C21H24N4O2. The van der Waals surface area contributed by atoms with Crippen molar-refractivity contribution in [3.63, 3.8) is 0 Å². The Morgan fingerprint density at radius 3 is 2.85 bits per heavy atom. The van der Waals surface area contributed by atoms with Crippen molar-refractivity contribution in [2.45, 2.75) is 51.2 Å². The second kappa shape index (κ2) is 6.85. The van der Waals surface area contributed by atoms with Crippen molar-refractivity contribution in [1.29, 1.82) is 0 Å². The molecule has 6 nitrogen and oxygen atoms in total. The van der Waals surface area contributed by atoms with E-state index >= 15 is 0 Å². The predicted octanol–water partition coefficient (Wildman–Crippen LogP) is 4.03. The van der Waals surface area contributed by atoms with Crippen molar-refractivity contribution in [1.82, 2.24) is 14.5 Å². The zero-order valence-corrected chi connectivity index (χ0v) is 15.4. The van der Waals surface area contributed by atoms with E-state index in [9.17, 15) is 4.79 Å². The van der Waals surface area contributed by atoms with E-state index in [0.29, 0.717) is 5.76 Å². The van der Waals surface area contributed by atoms with Crippen LogP contribution in [0.15, 0.2) is 41.0 Å². The lowest BCUT2D eigenvalue weighted by atomic mass is 9.94. The molecule has 1 aromatic carbocycles. The molecule has 2 aromatic heterocycles. The van der Waals surface area contributed by atoms with Crippen LogP contribution in [-0.2, 0) is 13.1 Å². The minimum atomic E-state index is -0.244. The molecule has 1 fully saturated rings. The van der Waals surface area contributed by atoms with Gasteiger partial charge in [-0.25, -0.2) is 4.98 Å². The largest absolute Gasteiger partial charge is 0.459 e. The summed E-state index contributed by atoms with van der Waals surface area (Å²) in [6.45, 7) is 3.01. The molecule has 0 radical (unpaired) electrons. The highest BCUT2D eigenvalue weighted by Gasteiger charge is 2.26. The van der Waals surface area contributed by atoms with Gasteiger partial charge in [-0.3, -0.25) is 9.69 Å². The second-order valence-electron chi connectivity index (χ2n) is 7.58. The molecule has 3 heterocycles. The summed E-state index contributed by atoms with van der Waals surface area (Å²) < 4.78 is 7.48. The molecule has 0 spiro atoms. The number of benzene rings is 1. The van der Waals surface area contributed by atoms with Crippen LogP contribution in [0.3, 0.4) is 0 Å². The van der Waals surface area contributed by atoms with Gasteiger partial charge in [0.1, 0.15) is 5.82 Å². The summed E-state index contributed by atoms with van der Waals surface area (Å²) in [6, 6.07) is 10.0. The highest BCUT2D eigenvalue weighted by atomic mass is 16.3. The van der Waals surface area contributed by atoms with Crippen LogP contribution in [0.2, 0.25) is 0 Å². The number of amides is 1. The molecule has 5 rings (SSSR count). The number of anilines is 1. The first kappa shape index (κ1) is 16.6. The van der Waals surface area contributed by atoms with Gasteiger partial charge in [0.2, 0.25) is 0 Å². The highest BCUT2D eigenvalue weighted by molar-refractivity contribution is 6.03. The summed E-state index contributed by atoms with van der Waals surface area (Å²) in [4.78, 5) is 19.7. The van der Waals surface area contributed by atoms with Crippen LogP contribution in [-0.4, -0.2) is 32.9 Å². The average Bonchev–Trinajstić information content (AvgIpc) is 3.35. The van der Waals surface area contributed by atoms with Crippen LogP contribution < -0.4 is 5.32 Å². The molecule has 3 aromatic rings. The Labute approximate surface area is 158 Å². The van der Waals surface area contributed by atoms with Crippen LogP contribution in [0.25, 0.3) is 11.0 Å². The van der Waals surface area contributed by atoms with Crippen LogP contribution in [0.4, 0.5) is 5.69 Å². The summed E-state index contributed by atoms with van der Waals surface area (Å²) in [7, 11) is 0. The fraction of sp³-hybridized carbons (Fsp3) is 0.429. The lowest BCUT2D eigenvalue weighted by molar-refractivity contribution is 0.0996. The first-order valence-corrected chi connectivity index (χ1v) is 9.86. The normalized spacial score (nSPS) is 18.5. The number of furan rings is 1. The lowest BCUT2D eigenvalue weighted by Crippen LogP contribution is -2.42. The van der Waals surface area contributed by atoms with Gasteiger partial charge >= 0.3 is 0 Å². The number of hydrogen-bond donors (Lipinski definition) is 1. The zero-order valence-electron chi connectivity index (χ0n) is 15.4. The van der Waals surface area contributed by atoms with Gasteiger partial charge in [0.05, 0.1) is 23.8 Å². The van der Waals surface area contributed by atoms with E-state index in [0.717, 1.165) is 48.2 Å². The quantitative estimate of drug-likeness (QED) is 0.762. The molecule has 0 saturated heterocycles. The maximum Gasteiger partial charge on any atom is 0.291 e. The number of rotatable bonds is 3. The molecule has 140 valence electrons. The molecule has 2 aliphatic rings. The number of carbonyl (C=O) groups is 1. The van der Waals surface area contributed by atoms with Crippen LogP contribution in [0.1, 0.15) is 48.5 Å². The van der Waals surface area contributed by atoms with Gasteiger partial charge in [0.25, 0.3) is 5.91 Å². The highest BCUT2D eigenvalue weighted by Crippen LogP contribution is 2.28. The number of hydrogen-bond acceptors (Lipinski definition) is 4. The Hall–Kier alpha value is -2.60. The lowest BCUT2D eigenvalue weighted by Gasteiger charge is -2.36. The van der Waals surface area contributed by atoms with Gasteiger partial charge in [-0.15, -0.1) is 0 Å². The number of nitrogens with one attached hydrogen (secondary N) is 1. The molecule has 0 atom stereocenters. The summed E-state index contributed by atoms with van der Waals surface area (Å²) in [6.07, 6.45) is 8.24. The second-order valence-corrected chi connectivity index (χ2v) is 7.58. The van der Waals surface area contributed by atoms with Crippen molar-refractivity contribution in [2.75, 3.05) is 11.9 Å². The molecule has 1 N–H and O–H groups in total. The minimum Gasteiger partial charge on any atom is -0.459 e. The van der Waals surface area contributed by atoms with E-state index < -0.39 is 0 Å². The van der Waals surface area contributed by atoms with E-state index in [2.05, 4.69) is 20.9 Å². The summed E-state index contributed by atoms with van der Waals surface area (Å²) in [5.41, 5.74) is 2.82. The minimum absolute atomic E-state index is 0.244. The number of imidazole rings is 1. The standard InChI is InChI=1S/C21H24N4O2/c26-21(19-7-4-12-27-19)22-15-8-9-18-17(13-15)23-20-14-24(10-11-25(18)20)16-5-2-1-3-6-16/h4,7-9,12-13,16H,1-3,5-6,10-11,14H2,(H,22,26). The molecule has 0 bridgehead atoms. The third-order valence-electron chi connectivity index (χ3n) is 5.88. The Morgan fingerprint density at radius 1 is 1.15 bits per heavy atom. The number of nitrogens with zero attached hydrogens (tertiary/aromatic N) is 3. The topological polar surface area (TPSA) is 63.3 Å². The first-order chi connectivity index (χ1) is 13.3. The molecule has 6 heteroatoms. The van der Waals surface area contributed by atoms with Gasteiger partial charge < -0.3 is 14.3 Å². The van der Waals surface area contributed by atoms with Crippen molar-refractivity contribution >= 4 is 22.6 Å². The molecule has 1 amide bonds. The third-order valence-corrected chi connectivity index (χ3v) is 5.88. The maximum atomic E-state index is 12.2. The Kier molecular flexibility index (Phi) is 4.20. The van der Waals surface area contributed by atoms with Crippen LogP contribution in [0, 0.1) is 0 Å². The number of carbonyl (C=O) groups excluding carboxylic acids is 1. The van der Waals surface area contributed by atoms with E-state index in [1.54, 1.807) is 12.1 Å². The summed E-state index contributed by atoms with van der Waals surface area (Å²) >= 11 is 0. The van der Waals surface area contributed by atoms with Crippen molar-refractivity contribution in [3.05, 3.63) is 48.2 Å².